The van der Waals surface area contributed by atoms with Crippen molar-refractivity contribution in [2.24, 2.45) is 7.05 Å². The molecule has 3 N–H and O–H groups in total. The molecule has 0 aliphatic carbocycles. The number of para-hydroxylation sites is 1. The van der Waals surface area contributed by atoms with E-state index >= 15 is 0 Å². The number of hydrogen-bond donors (Lipinski definition) is 2. The Morgan fingerprint density at radius 2 is 2.19 bits per heavy atom. The van der Waals surface area contributed by atoms with Crippen LogP contribution in [-0.4, -0.2) is 19.7 Å². The van der Waals surface area contributed by atoms with Gasteiger partial charge in [-0.3, -0.25) is 4.68 Å². The van der Waals surface area contributed by atoms with Gasteiger partial charge in [0.2, 0.25) is 0 Å². The number of H-pyrrole nitrogens is 1. The Bertz CT molecular complexity index is 649. The van der Waals surface area contributed by atoms with Gasteiger partial charge in [0, 0.05) is 13.2 Å². The molecule has 2 aromatic heterocycles. The molecule has 0 fully saturated rings. The molecule has 0 aliphatic heterocycles. The lowest BCUT2D eigenvalue weighted by atomic mass is 10.3. The quantitative estimate of drug-likeness (QED) is 0.602. The molecule has 2 heterocycles. The van der Waals surface area contributed by atoms with Crippen LogP contribution in [0.25, 0.3) is 22.6 Å². The number of anilines is 1. The van der Waals surface area contributed by atoms with E-state index in [1.807, 2.05) is 31.3 Å². The minimum absolute atomic E-state index is 0.683. The summed E-state index contributed by atoms with van der Waals surface area (Å²) in [6, 6.07) is 7.62. The van der Waals surface area contributed by atoms with Gasteiger partial charge < -0.3 is 10.7 Å². The summed E-state index contributed by atoms with van der Waals surface area (Å²) in [6.07, 6.45) is 1.74. The Morgan fingerprint density at radius 3 is 2.88 bits per heavy atom. The summed E-state index contributed by atoms with van der Waals surface area (Å²) in [4.78, 5) is 7.70. The van der Waals surface area contributed by atoms with Crippen LogP contribution < -0.4 is 5.73 Å². The predicted octanol–water partition coefficient (Wildman–Crippen LogP) is 1.55. The van der Waals surface area contributed by atoms with E-state index in [0.29, 0.717) is 5.69 Å². The van der Waals surface area contributed by atoms with Crippen molar-refractivity contribution in [1.82, 2.24) is 19.7 Å². The van der Waals surface area contributed by atoms with E-state index < -0.39 is 0 Å². The molecule has 0 aliphatic rings. The van der Waals surface area contributed by atoms with Gasteiger partial charge in [-0.1, -0.05) is 6.07 Å². The average Bonchev–Trinajstić information content (AvgIpc) is 2.84. The van der Waals surface area contributed by atoms with E-state index in [0.717, 1.165) is 22.6 Å². The Hall–Kier alpha value is -2.30. The molecule has 80 valence electrons. The number of aromatic amines is 1. The van der Waals surface area contributed by atoms with Gasteiger partial charge in [0.15, 0.2) is 5.82 Å². The van der Waals surface area contributed by atoms with Crippen molar-refractivity contribution in [3.8, 4) is 11.5 Å². The number of aryl methyl sites for hydroxylation is 1. The number of hydrogen-bond acceptors (Lipinski definition) is 3. The van der Waals surface area contributed by atoms with Gasteiger partial charge in [-0.05, 0) is 18.2 Å². The third-order valence-electron chi connectivity index (χ3n) is 2.61. The summed E-state index contributed by atoms with van der Waals surface area (Å²) >= 11 is 0. The number of nitrogen functional groups attached to an aromatic ring is 1. The first kappa shape index (κ1) is 8.96. The summed E-state index contributed by atoms with van der Waals surface area (Å²) in [5.74, 6) is 0.785. The van der Waals surface area contributed by atoms with E-state index in [1.54, 1.807) is 10.9 Å². The highest BCUT2D eigenvalue weighted by Crippen LogP contribution is 2.23. The van der Waals surface area contributed by atoms with Gasteiger partial charge in [0.1, 0.15) is 11.2 Å². The number of nitrogens with one attached hydrogen (secondary N) is 1. The second kappa shape index (κ2) is 3.10. The monoisotopic (exact) mass is 213 g/mol. The minimum Gasteiger partial charge on any atom is -0.397 e. The van der Waals surface area contributed by atoms with E-state index in [1.165, 1.54) is 0 Å². The molecule has 5 nitrogen and oxygen atoms in total. The molecule has 5 heteroatoms. The molecule has 0 saturated carbocycles. The van der Waals surface area contributed by atoms with Gasteiger partial charge in [-0.15, -0.1) is 0 Å². The summed E-state index contributed by atoms with van der Waals surface area (Å²) in [7, 11) is 1.88. The lowest BCUT2D eigenvalue weighted by Crippen LogP contribution is -1.94. The zero-order valence-corrected chi connectivity index (χ0v) is 8.81. The Kier molecular flexibility index (Phi) is 1.73. The van der Waals surface area contributed by atoms with Crippen molar-refractivity contribution in [3.05, 3.63) is 30.5 Å². The maximum atomic E-state index is 5.86. The Labute approximate surface area is 91.9 Å². The molecular formula is C11H11N5. The smallest absolute Gasteiger partial charge is 0.156 e. The zero-order chi connectivity index (χ0) is 11.1. The SMILES string of the molecule is Cn1nccc1-c1nc2c(N)cccc2[nH]1. The molecule has 0 spiro atoms. The zero-order valence-electron chi connectivity index (χ0n) is 8.81. The van der Waals surface area contributed by atoms with Gasteiger partial charge in [-0.2, -0.15) is 5.10 Å². The molecule has 16 heavy (non-hydrogen) atoms. The number of imidazole rings is 1. The number of nitrogens with zero attached hydrogens (tertiary/aromatic N) is 3. The van der Waals surface area contributed by atoms with Crippen LogP contribution in [0.3, 0.4) is 0 Å². The summed E-state index contributed by atoms with van der Waals surface area (Å²) in [5.41, 5.74) is 9.22. The third kappa shape index (κ3) is 1.18. The van der Waals surface area contributed by atoms with Crippen molar-refractivity contribution >= 4 is 16.7 Å². The minimum atomic E-state index is 0.683. The number of benzene rings is 1. The van der Waals surface area contributed by atoms with Crippen LogP contribution in [0.4, 0.5) is 5.69 Å². The van der Waals surface area contributed by atoms with Crippen LogP contribution >= 0.6 is 0 Å². The van der Waals surface area contributed by atoms with Crippen LogP contribution in [0, 0.1) is 0 Å². The largest absolute Gasteiger partial charge is 0.397 e. The molecule has 0 atom stereocenters. The fourth-order valence-corrected chi connectivity index (χ4v) is 1.78. The lowest BCUT2D eigenvalue weighted by molar-refractivity contribution is 0.771. The molecule has 3 rings (SSSR count). The van der Waals surface area contributed by atoms with Gasteiger partial charge in [0.05, 0.1) is 11.2 Å². The van der Waals surface area contributed by atoms with E-state index in [9.17, 15) is 0 Å². The van der Waals surface area contributed by atoms with Crippen molar-refractivity contribution in [3.63, 3.8) is 0 Å². The molecule has 0 bridgehead atoms. The standard InChI is InChI=1S/C11H11N5/c1-16-9(5-6-13-16)11-14-8-4-2-3-7(12)10(8)15-11/h2-6H,12H2,1H3,(H,14,15). The molecule has 1 aromatic carbocycles. The average molecular weight is 213 g/mol. The first-order chi connectivity index (χ1) is 7.75. The fourth-order valence-electron chi connectivity index (χ4n) is 1.78. The summed E-state index contributed by atoms with van der Waals surface area (Å²) in [6.45, 7) is 0. The molecule has 0 saturated heterocycles. The number of aromatic nitrogens is 4. The first-order valence-electron chi connectivity index (χ1n) is 4.98. The van der Waals surface area contributed by atoms with E-state index in [4.69, 9.17) is 5.73 Å². The van der Waals surface area contributed by atoms with Crippen molar-refractivity contribution in [2.75, 3.05) is 5.73 Å². The second-order valence-electron chi connectivity index (χ2n) is 3.67. The van der Waals surface area contributed by atoms with Crippen LogP contribution in [0.15, 0.2) is 30.5 Å². The number of fused-ring (bicyclic) bond motifs is 1. The van der Waals surface area contributed by atoms with Crippen LogP contribution in [0.5, 0.6) is 0 Å². The van der Waals surface area contributed by atoms with Gasteiger partial charge in [0.25, 0.3) is 0 Å². The van der Waals surface area contributed by atoms with Crippen molar-refractivity contribution in [1.29, 1.82) is 0 Å². The van der Waals surface area contributed by atoms with Crippen LogP contribution in [0.2, 0.25) is 0 Å². The Balaban J connectivity index is 2.27. The van der Waals surface area contributed by atoms with Gasteiger partial charge in [-0.25, -0.2) is 4.98 Å². The first-order valence-corrected chi connectivity index (χ1v) is 4.98. The number of nitrogens with two attached hydrogens (primary N) is 1. The van der Waals surface area contributed by atoms with E-state index in [2.05, 4.69) is 15.1 Å². The van der Waals surface area contributed by atoms with Crippen LogP contribution in [-0.2, 0) is 7.05 Å². The maximum Gasteiger partial charge on any atom is 0.156 e. The molecule has 0 radical (unpaired) electrons. The molecule has 0 unspecified atom stereocenters. The van der Waals surface area contributed by atoms with Gasteiger partial charge >= 0.3 is 0 Å². The molecular weight excluding hydrogens is 202 g/mol. The third-order valence-corrected chi connectivity index (χ3v) is 2.61. The van der Waals surface area contributed by atoms with E-state index in [-0.39, 0.29) is 0 Å². The predicted molar refractivity (Wildman–Crippen MR) is 62.7 cm³/mol. The number of rotatable bonds is 1. The second-order valence-corrected chi connectivity index (χ2v) is 3.67. The normalized spacial score (nSPS) is 11.1. The fraction of sp³-hybridized carbons (Fsp3) is 0.0909. The highest BCUT2D eigenvalue weighted by atomic mass is 15.3. The summed E-state index contributed by atoms with van der Waals surface area (Å²) < 4.78 is 1.77. The lowest BCUT2D eigenvalue weighted by Gasteiger charge is -1.95. The molecule has 0 amide bonds. The highest BCUT2D eigenvalue weighted by molar-refractivity contribution is 5.88. The summed E-state index contributed by atoms with van der Waals surface area (Å²) in [5, 5.41) is 4.11. The van der Waals surface area contributed by atoms with Crippen molar-refractivity contribution in [2.45, 2.75) is 0 Å². The molecule has 3 aromatic rings. The highest BCUT2D eigenvalue weighted by Gasteiger charge is 2.09. The Morgan fingerprint density at radius 1 is 1.31 bits per heavy atom. The topological polar surface area (TPSA) is 72.5 Å². The maximum absolute atomic E-state index is 5.86. The van der Waals surface area contributed by atoms with Crippen LogP contribution in [0.1, 0.15) is 0 Å². The van der Waals surface area contributed by atoms with Crippen molar-refractivity contribution < 1.29 is 0 Å².